The second-order valence-corrected chi connectivity index (χ2v) is 4.66. The van der Waals surface area contributed by atoms with Crippen molar-refractivity contribution < 1.29 is 13.2 Å². The van der Waals surface area contributed by atoms with E-state index >= 15 is 0 Å². The SMILES string of the molecule is CCCN(CC1CC1)c1ccc(C(F)(F)F)nn1. The summed E-state index contributed by atoms with van der Waals surface area (Å²) < 4.78 is 37.1. The van der Waals surface area contributed by atoms with Crippen molar-refractivity contribution in [1.82, 2.24) is 10.2 Å². The van der Waals surface area contributed by atoms with Crippen LogP contribution < -0.4 is 4.90 Å². The molecule has 1 aliphatic rings. The first-order chi connectivity index (χ1) is 8.50. The third kappa shape index (κ3) is 3.34. The van der Waals surface area contributed by atoms with Crippen LogP contribution in [0, 0.1) is 5.92 Å². The summed E-state index contributed by atoms with van der Waals surface area (Å²) in [6.07, 6.45) is -1.07. The number of hydrogen-bond donors (Lipinski definition) is 0. The highest BCUT2D eigenvalue weighted by Crippen LogP contribution is 2.32. The lowest BCUT2D eigenvalue weighted by atomic mass is 10.3. The maximum atomic E-state index is 12.4. The third-order valence-electron chi connectivity index (χ3n) is 2.93. The molecule has 1 aliphatic carbocycles. The highest BCUT2D eigenvalue weighted by molar-refractivity contribution is 5.37. The van der Waals surface area contributed by atoms with Gasteiger partial charge in [-0.2, -0.15) is 13.2 Å². The van der Waals surface area contributed by atoms with Crippen LogP contribution in [0.25, 0.3) is 0 Å². The fourth-order valence-corrected chi connectivity index (χ4v) is 1.83. The van der Waals surface area contributed by atoms with Crippen molar-refractivity contribution in [2.75, 3.05) is 18.0 Å². The van der Waals surface area contributed by atoms with E-state index in [2.05, 4.69) is 10.2 Å². The van der Waals surface area contributed by atoms with E-state index in [1.165, 1.54) is 18.9 Å². The van der Waals surface area contributed by atoms with Crippen molar-refractivity contribution in [1.29, 1.82) is 0 Å². The molecule has 1 aromatic rings. The molecule has 0 bridgehead atoms. The Balaban J connectivity index is 2.09. The van der Waals surface area contributed by atoms with E-state index in [0.29, 0.717) is 11.7 Å². The Morgan fingerprint density at radius 2 is 2.00 bits per heavy atom. The first-order valence-corrected chi connectivity index (χ1v) is 6.16. The lowest BCUT2D eigenvalue weighted by molar-refractivity contribution is -0.141. The molecule has 0 aromatic carbocycles. The maximum Gasteiger partial charge on any atom is 0.435 e. The van der Waals surface area contributed by atoms with Crippen molar-refractivity contribution in [3.8, 4) is 0 Å². The Morgan fingerprint density at radius 3 is 2.44 bits per heavy atom. The molecule has 0 atom stereocenters. The molecule has 1 fully saturated rings. The van der Waals surface area contributed by atoms with Crippen LogP contribution in [-0.2, 0) is 6.18 Å². The Hall–Kier alpha value is -1.33. The second kappa shape index (κ2) is 5.12. The third-order valence-corrected chi connectivity index (χ3v) is 2.93. The molecular weight excluding hydrogens is 243 g/mol. The molecule has 0 radical (unpaired) electrons. The molecule has 0 N–H and O–H groups in total. The van der Waals surface area contributed by atoms with Gasteiger partial charge in [0.2, 0.25) is 0 Å². The predicted molar refractivity (Wildman–Crippen MR) is 62.3 cm³/mol. The zero-order valence-corrected chi connectivity index (χ0v) is 10.2. The van der Waals surface area contributed by atoms with Crippen molar-refractivity contribution >= 4 is 5.82 Å². The normalized spacial score (nSPS) is 15.8. The Morgan fingerprint density at radius 1 is 1.28 bits per heavy atom. The molecule has 1 heterocycles. The summed E-state index contributed by atoms with van der Waals surface area (Å²) in [5.41, 5.74) is -0.936. The minimum absolute atomic E-state index is 0.539. The van der Waals surface area contributed by atoms with Crippen LogP contribution >= 0.6 is 0 Å². The average molecular weight is 259 g/mol. The number of anilines is 1. The van der Waals surface area contributed by atoms with Gasteiger partial charge in [0.15, 0.2) is 11.5 Å². The molecule has 18 heavy (non-hydrogen) atoms. The zero-order valence-electron chi connectivity index (χ0n) is 10.2. The van der Waals surface area contributed by atoms with Gasteiger partial charge < -0.3 is 4.90 Å². The molecule has 100 valence electrons. The first-order valence-electron chi connectivity index (χ1n) is 6.16. The molecule has 1 saturated carbocycles. The van der Waals surface area contributed by atoms with Gasteiger partial charge in [0.25, 0.3) is 0 Å². The first kappa shape index (κ1) is 13.1. The monoisotopic (exact) mass is 259 g/mol. The van der Waals surface area contributed by atoms with Crippen molar-refractivity contribution in [3.63, 3.8) is 0 Å². The van der Waals surface area contributed by atoms with Crippen LogP contribution in [0.4, 0.5) is 19.0 Å². The number of nitrogens with zero attached hydrogens (tertiary/aromatic N) is 3. The zero-order chi connectivity index (χ0) is 13.2. The van der Waals surface area contributed by atoms with Gasteiger partial charge in [0.05, 0.1) is 0 Å². The van der Waals surface area contributed by atoms with E-state index in [4.69, 9.17) is 0 Å². The van der Waals surface area contributed by atoms with E-state index in [1.54, 1.807) is 0 Å². The fraction of sp³-hybridized carbons (Fsp3) is 0.667. The minimum Gasteiger partial charge on any atom is -0.355 e. The molecule has 0 amide bonds. The van der Waals surface area contributed by atoms with Gasteiger partial charge >= 0.3 is 6.18 Å². The topological polar surface area (TPSA) is 29.0 Å². The predicted octanol–water partition coefficient (Wildman–Crippen LogP) is 3.12. The van der Waals surface area contributed by atoms with E-state index in [0.717, 1.165) is 25.6 Å². The second-order valence-electron chi connectivity index (χ2n) is 4.66. The molecule has 0 unspecified atom stereocenters. The lowest BCUT2D eigenvalue weighted by Crippen LogP contribution is -2.28. The molecular formula is C12H16F3N3. The van der Waals surface area contributed by atoms with Crippen molar-refractivity contribution in [2.24, 2.45) is 5.92 Å². The van der Waals surface area contributed by atoms with E-state index in [9.17, 15) is 13.2 Å². The Labute approximate surface area is 104 Å². The van der Waals surface area contributed by atoms with Crippen molar-refractivity contribution in [3.05, 3.63) is 17.8 Å². The molecule has 3 nitrogen and oxygen atoms in total. The van der Waals surface area contributed by atoms with Gasteiger partial charge in [0.1, 0.15) is 0 Å². The fourth-order valence-electron chi connectivity index (χ4n) is 1.83. The summed E-state index contributed by atoms with van der Waals surface area (Å²) in [5, 5.41) is 6.96. The average Bonchev–Trinajstić information content (AvgIpc) is 3.11. The van der Waals surface area contributed by atoms with Crippen LogP contribution in [0.1, 0.15) is 31.9 Å². The summed E-state index contributed by atoms with van der Waals surface area (Å²) >= 11 is 0. The van der Waals surface area contributed by atoms with Gasteiger partial charge in [0, 0.05) is 13.1 Å². The summed E-state index contributed by atoms with van der Waals surface area (Å²) in [4.78, 5) is 2.02. The Bertz CT molecular complexity index is 385. The van der Waals surface area contributed by atoms with Crippen molar-refractivity contribution in [2.45, 2.75) is 32.4 Å². The van der Waals surface area contributed by atoms with Crippen LogP contribution in [0.5, 0.6) is 0 Å². The number of rotatable bonds is 5. The standard InChI is InChI=1S/C12H16F3N3/c1-2-7-18(8-9-3-4-9)11-6-5-10(16-17-11)12(13,14)15/h5-6,9H,2-4,7-8H2,1H3. The van der Waals surface area contributed by atoms with E-state index < -0.39 is 11.9 Å². The highest BCUT2D eigenvalue weighted by atomic mass is 19.4. The summed E-state index contributed by atoms with van der Waals surface area (Å²) in [6.45, 7) is 3.71. The quantitative estimate of drug-likeness (QED) is 0.813. The molecule has 0 spiro atoms. The Kier molecular flexibility index (Phi) is 3.73. The number of alkyl halides is 3. The molecule has 0 saturated heterocycles. The largest absolute Gasteiger partial charge is 0.435 e. The number of aromatic nitrogens is 2. The number of halogens is 3. The molecule has 0 aliphatic heterocycles. The van der Waals surface area contributed by atoms with Gasteiger partial charge in [-0.15, -0.1) is 10.2 Å². The van der Waals surface area contributed by atoms with Crippen LogP contribution in [0.3, 0.4) is 0 Å². The maximum absolute atomic E-state index is 12.4. The summed E-state index contributed by atoms with van der Waals surface area (Å²) in [5.74, 6) is 1.21. The summed E-state index contributed by atoms with van der Waals surface area (Å²) in [7, 11) is 0. The molecule has 6 heteroatoms. The van der Waals surface area contributed by atoms with Gasteiger partial charge in [-0.25, -0.2) is 0 Å². The van der Waals surface area contributed by atoms with Gasteiger partial charge in [-0.05, 0) is 37.3 Å². The van der Waals surface area contributed by atoms with Crippen LogP contribution in [-0.4, -0.2) is 23.3 Å². The van der Waals surface area contributed by atoms with Gasteiger partial charge in [-0.3, -0.25) is 0 Å². The van der Waals surface area contributed by atoms with Crippen LogP contribution in [0.2, 0.25) is 0 Å². The van der Waals surface area contributed by atoms with Gasteiger partial charge in [-0.1, -0.05) is 6.92 Å². The smallest absolute Gasteiger partial charge is 0.355 e. The van der Waals surface area contributed by atoms with E-state index in [1.807, 2.05) is 11.8 Å². The highest BCUT2D eigenvalue weighted by Gasteiger charge is 2.33. The summed E-state index contributed by atoms with van der Waals surface area (Å²) in [6, 6.07) is 2.41. The molecule has 2 rings (SSSR count). The van der Waals surface area contributed by atoms with Crippen LogP contribution in [0.15, 0.2) is 12.1 Å². The number of hydrogen-bond acceptors (Lipinski definition) is 3. The minimum atomic E-state index is -4.42. The lowest BCUT2D eigenvalue weighted by Gasteiger charge is -2.22. The molecule has 1 aromatic heterocycles. The van der Waals surface area contributed by atoms with E-state index in [-0.39, 0.29) is 0 Å².